The van der Waals surface area contributed by atoms with E-state index in [1.807, 2.05) is 0 Å². The van der Waals surface area contributed by atoms with Gasteiger partial charge >= 0.3 is 35.8 Å². The van der Waals surface area contributed by atoms with Gasteiger partial charge in [0.1, 0.15) is 30.5 Å². The largest absolute Gasteiger partial charge is 0.481 e. The zero-order valence-electron chi connectivity index (χ0n) is 39.2. The standard InChI is InChI=1S/C43H71NO19/c1-15-32(51)60-29(19-31(49)50)39(55-14)36(28(18-34(53-12)54-13)17-22(3)30(21-45)58-25(6)46)40-41(59-26(7)47)37(44(10)11)38(23(4)57-40)62-35-20-43(9,63-27(8)48)42(24(5)56-35)61-33(52)16-2/h21-24,28-30,34-42H,15-20H2,1-14H3,(H,49,50)/t22-,23-,24+,28-,29-,30+,35+,36+,37+,38-,39-,40+,41-,42+,43-/m1/s1. The number of likely N-dealkylation sites (N-methyl/N-ethyl adjacent to an activating group) is 1. The summed E-state index contributed by atoms with van der Waals surface area (Å²) >= 11 is 0. The summed E-state index contributed by atoms with van der Waals surface area (Å²) in [5.74, 6) is -7.03. The zero-order chi connectivity index (χ0) is 47.9. The number of ether oxygens (including phenoxy) is 11. The van der Waals surface area contributed by atoms with E-state index in [9.17, 15) is 38.7 Å². The van der Waals surface area contributed by atoms with Crippen LogP contribution < -0.4 is 0 Å². The molecular formula is C43H71NO19. The maximum Gasteiger partial charge on any atom is 0.307 e. The first-order valence-corrected chi connectivity index (χ1v) is 21.3. The van der Waals surface area contributed by atoms with Gasteiger partial charge in [-0.1, -0.05) is 20.8 Å². The molecule has 2 heterocycles. The lowest BCUT2D eigenvalue weighted by molar-refractivity contribution is -0.320. The topological polar surface area (TPSA) is 244 Å². The number of carboxylic acids is 1. The van der Waals surface area contributed by atoms with Crippen LogP contribution in [0.1, 0.15) is 101 Å². The molecule has 0 aromatic heterocycles. The van der Waals surface area contributed by atoms with Gasteiger partial charge in [0.15, 0.2) is 36.7 Å². The maximum atomic E-state index is 13.2. The van der Waals surface area contributed by atoms with E-state index in [0.29, 0.717) is 6.29 Å². The number of esters is 5. The summed E-state index contributed by atoms with van der Waals surface area (Å²) in [6, 6.07) is -0.851. The molecule has 0 unspecified atom stereocenters. The quantitative estimate of drug-likeness (QED) is 0.0599. The van der Waals surface area contributed by atoms with E-state index in [1.165, 1.54) is 42.1 Å². The molecule has 15 atom stereocenters. The fourth-order valence-electron chi connectivity index (χ4n) is 8.87. The van der Waals surface area contributed by atoms with Crippen molar-refractivity contribution >= 4 is 42.1 Å². The molecule has 0 saturated carbocycles. The molecule has 20 nitrogen and oxygen atoms in total. The number of aliphatic carboxylic acids is 1. The summed E-state index contributed by atoms with van der Waals surface area (Å²) in [4.78, 5) is 89.6. The van der Waals surface area contributed by atoms with E-state index in [2.05, 4.69) is 0 Å². The smallest absolute Gasteiger partial charge is 0.307 e. The lowest BCUT2D eigenvalue weighted by Crippen LogP contribution is -2.68. The molecule has 0 amide bonds. The summed E-state index contributed by atoms with van der Waals surface area (Å²) in [7, 11) is 7.63. The van der Waals surface area contributed by atoms with E-state index in [4.69, 9.17) is 52.1 Å². The molecule has 0 bridgehead atoms. The molecule has 0 aromatic rings. The summed E-state index contributed by atoms with van der Waals surface area (Å²) < 4.78 is 66.2. The minimum absolute atomic E-state index is 0.0505. The van der Waals surface area contributed by atoms with Crippen LogP contribution in [0.5, 0.6) is 0 Å². The number of methoxy groups -OCH3 is 3. The number of hydrogen-bond donors (Lipinski definition) is 1. The second-order valence-electron chi connectivity index (χ2n) is 16.7. The van der Waals surface area contributed by atoms with Crippen molar-refractivity contribution in [2.24, 2.45) is 17.8 Å². The van der Waals surface area contributed by atoms with Crippen LogP contribution in [0.15, 0.2) is 0 Å². The number of rotatable bonds is 25. The van der Waals surface area contributed by atoms with Gasteiger partial charge in [-0.3, -0.25) is 33.6 Å². The summed E-state index contributed by atoms with van der Waals surface area (Å²) in [6.07, 6.45) is -12.1. The average molecular weight is 906 g/mol. The molecule has 0 aromatic carbocycles. The number of carbonyl (C=O) groups is 7. The summed E-state index contributed by atoms with van der Waals surface area (Å²) in [6.45, 7) is 13.5. The highest BCUT2D eigenvalue weighted by Gasteiger charge is 2.58. The van der Waals surface area contributed by atoms with Crippen LogP contribution >= 0.6 is 0 Å². The van der Waals surface area contributed by atoms with Crippen LogP contribution in [0.3, 0.4) is 0 Å². The predicted octanol–water partition coefficient (Wildman–Crippen LogP) is 3.01. The Bertz CT molecular complexity index is 1520. The lowest BCUT2D eigenvalue weighted by Gasteiger charge is -2.53. The van der Waals surface area contributed by atoms with Gasteiger partial charge in [-0.25, -0.2) is 0 Å². The van der Waals surface area contributed by atoms with Gasteiger partial charge < -0.3 is 62.1 Å². The Labute approximate surface area is 370 Å². The third kappa shape index (κ3) is 15.7. The first-order valence-electron chi connectivity index (χ1n) is 21.3. The molecule has 0 radical (unpaired) electrons. The second kappa shape index (κ2) is 25.6. The highest BCUT2D eigenvalue weighted by atomic mass is 16.7. The van der Waals surface area contributed by atoms with Gasteiger partial charge in [0, 0.05) is 79.6 Å². The SMILES string of the molecule is CCC(=O)O[C@H](CC(=O)O)[C@@H](OC)[C@H]([C@@H](CC(OC)OC)C[C@@H](C)[C@H](C=O)OC(C)=O)[C@@H]1O[C@H](C)[C@@H](O[C@H]2C[C@@](C)(OC(C)=O)[C@@H](OC(=O)CC)[C@H](C)O2)[C@H](N(C)C)[C@H]1OC(C)=O. The van der Waals surface area contributed by atoms with Crippen molar-refractivity contribution in [2.45, 2.75) is 180 Å². The van der Waals surface area contributed by atoms with Gasteiger partial charge in [-0.15, -0.1) is 0 Å². The van der Waals surface area contributed by atoms with E-state index in [1.54, 1.807) is 60.5 Å². The fraction of sp³-hybridized carbons (Fsp3) is 0.837. The highest BCUT2D eigenvalue weighted by molar-refractivity contribution is 5.72. The van der Waals surface area contributed by atoms with Crippen molar-refractivity contribution in [3.05, 3.63) is 0 Å². The van der Waals surface area contributed by atoms with Crippen molar-refractivity contribution in [3.63, 3.8) is 0 Å². The maximum absolute atomic E-state index is 13.2. The van der Waals surface area contributed by atoms with Gasteiger partial charge in [-0.05, 0) is 47.2 Å². The molecule has 2 saturated heterocycles. The summed E-state index contributed by atoms with van der Waals surface area (Å²) in [5.41, 5.74) is -1.39. The van der Waals surface area contributed by atoms with Crippen LogP contribution in [0.4, 0.5) is 0 Å². The molecule has 20 heteroatoms. The minimum atomic E-state index is -1.42. The third-order valence-electron chi connectivity index (χ3n) is 11.5. The van der Waals surface area contributed by atoms with Crippen LogP contribution in [0.2, 0.25) is 0 Å². The van der Waals surface area contributed by atoms with E-state index in [-0.39, 0.29) is 32.1 Å². The Balaban J connectivity index is 2.92. The van der Waals surface area contributed by atoms with Gasteiger partial charge in [0.05, 0.1) is 24.7 Å². The van der Waals surface area contributed by atoms with Crippen LogP contribution in [0, 0.1) is 17.8 Å². The monoisotopic (exact) mass is 905 g/mol. The Morgan fingerprint density at radius 3 is 1.92 bits per heavy atom. The number of carboxylic acid groups (broad SMARTS) is 1. The van der Waals surface area contributed by atoms with Crippen molar-refractivity contribution in [3.8, 4) is 0 Å². The molecule has 0 aliphatic carbocycles. The molecule has 362 valence electrons. The number of aldehydes is 1. The molecule has 1 N–H and O–H groups in total. The zero-order valence-corrected chi connectivity index (χ0v) is 39.2. The van der Waals surface area contributed by atoms with Crippen LogP contribution in [-0.2, 0) is 85.7 Å². The van der Waals surface area contributed by atoms with Crippen LogP contribution in [0.25, 0.3) is 0 Å². The van der Waals surface area contributed by atoms with E-state index < -0.39 is 139 Å². The summed E-state index contributed by atoms with van der Waals surface area (Å²) in [5, 5.41) is 10.1. The molecule has 2 rings (SSSR count). The molecule has 2 fully saturated rings. The van der Waals surface area contributed by atoms with Gasteiger partial charge in [-0.2, -0.15) is 0 Å². The van der Waals surface area contributed by atoms with Crippen LogP contribution in [-0.4, -0.2) is 167 Å². The highest BCUT2D eigenvalue weighted by Crippen LogP contribution is 2.44. The Morgan fingerprint density at radius 1 is 0.825 bits per heavy atom. The van der Waals surface area contributed by atoms with Crippen molar-refractivity contribution in [1.29, 1.82) is 0 Å². The Hall–Kier alpha value is -3.79. The van der Waals surface area contributed by atoms with Crippen molar-refractivity contribution < 1.29 is 90.8 Å². The second-order valence-corrected chi connectivity index (χ2v) is 16.7. The molecular weight excluding hydrogens is 834 g/mol. The van der Waals surface area contributed by atoms with Gasteiger partial charge in [0.25, 0.3) is 0 Å². The Kier molecular flexibility index (Phi) is 22.5. The Morgan fingerprint density at radius 2 is 1.44 bits per heavy atom. The van der Waals surface area contributed by atoms with Crippen molar-refractivity contribution in [2.75, 3.05) is 35.4 Å². The number of carbonyl (C=O) groups excluding carboxylic acids is 6. The number of nitrogens with zero attached hydrogens (tertiary/aromatic N) is 1. The first kappa shape index (κ1) is 55.3. The average Bonchev–Trinajstić information content (AvgIpc) is 3.18. The molecule has 63 heavy (non-hydrogen) atoms. The first-order chi connectivity index (χ1) is 29.5. The molecule has 0 spiro atoms. The minimum Gasteiger partial charge on any atom is -0.481 e. The fourth-order valence-corrected chi connectivity index (χ4v) is 8.87. The predicted molar refractivity (Wildman–Crippen MR) is 220 cm³/mol. The van der Waals surface area contributed by atoms with Crippen molar-refractivity contribution in [1.82, 2.24) is 4.90 Å². The lowest BCUT2D eigenvalue weighted by atomic mass is 9.70. The van der Waals surface area contributed by atoms with E-state index in [0.717, 1.165) is 0 Å². The van der Waals surface area contributed by atoms with E-state index >= 15 is 0 Å². The number of hydrogen-bond acceptors (Lipinski definition) is 19. The normalized spacial score (nSPS) is 29.0. The van der Waals surface area contributed by atoms with Gasteiger partial charge in [0.2, 0.25) is 0 Å². The third-order valence-corrected chi connectivity index (χ3v) is 11.5. The molecule has 2 aliphatic heterocycles. The molecule has 2 aliphatic rings.